The highest BCUT2D eigenvalue weighted by molar-refractivity contribution is 5.92. The Balaban J connectivity index is 1.69. The number of hydrogen-bond acceptors (Lipinski definition) is 7. The number of rotatable bonds is 6. The van der Waals surface area contributed by atoms with Crippen LogP contribution in [0.25, 0.3) is 0 Å². The Morgan fingerprint density at radius 3 is 2.53 bits per heavy atom. The van der Waals surface area contributed by atoms with Crippen molar-refractivity contribution in [3.63, 3.8) is 0 Å². The quantitative estimate of drug-likeness (QED) is 0.434. The lowest BCUT2D eigenvalue weighted by Crippen LogP contribution is -2.52. The Morgan fingerprint density at radius 2 is 1.90 bits per heavy atom. The van der Waals surface area contributed by atoms with E-state index in [1.807, 2.05) is 19.1 Å². The summed E-state index contributed by atoms with van der Waals surface area (Å²) in [4.78, 5) is 29.8. The molecule has 1 aromatic carbocycles. The number of guanidine groups is 1. The van der Waals surface area contributed by atoms with Gasteiger partial charge in [-0.15, -0.1) is 0 Å². The molecular weight excluding hydrogens is 384 g/mol. The van der Waals surface area contributed by atoms with E-state index in [0.29, 0.717) is 17.9 Å². The first kappa shape index (κ1) is 21.4. The number of methoxy groups -OCH3 is 2. The van der Waals surface area contributed by atoms with Gasteiger partial charge in [0.2, 0.25) is 5.95 Å². The monoisotopic (exact) mass is 412 g/mol. The van der Waals surface area contributed by atoms with Gasteiger partial charge in [0.05, 0.1) is 20.8 Å². The first-order valence-corrected chi connectivity index (χ1v) is 9.96. The Labute approximate surface area is 176 Å². The molecular formula is C21H28N6O3. The summed E-state index contributed by atoms with van der Waals surface area (Å²) in [5, 5.41) is 3.36. The molecule has 0 saturated carbocycles. The minimum Gasteiger partial charge on any atom is -0.496 e. The number of nitrogens with one attached hydrogen (secondary N) is 1. The van der Waals surface area contributed by atoms with Crippen LogP contribution in [0.1, 0.15) is 22.8 Å². The molecule has 30 heavy (non-hydrogen) atoms. The van der Waals surface area contributed by atoms with Crippen LogP contribution in [0, 0.1) is 0 Å². The fourth-order valence-corrected chi connectivity index (χ4v) is 3.29. The second-order valence-corrected chi connectivity index (χ2v) is 6.72. The molecule has 1 aliphatic rings. The number of nitrogens with zero attached hydrogens (tertiary/aromatic N) is 5. The molecule has 0 spiro atoms. The van der Waals surface area contributed by atoms with Crippen LogP contribution < -0.4 is 15.0 Å². The largest absolute Gasteiger partial charge is 0.496 e. The number of hydrogen-bond donors (Lipinski definition) is 1. The molecule has 0 amide bonds. The molecule has 3 rings (SSSR count). The van der Waals surface area contributed by atoms with Crippen molar-refractivity contribution in [2.45, 2.75) is 13.5 Å². The third kappa shape index (κ3) is 5.16. The molecule has 1 aromatic heterocycles. The molecule has 9 nitrogen and oxygen atoms in total. The Kier molecular flexibility index (Phi) is 7.42. The second kappa shape index (κ2) is 10.4. The van der Waals surface area contributed by atoms with Crippen LogP contribution in [0.4, 0.5) is 5.95 Å². The zero-order chi connectivity index (χ0) is 21.3. The van der Waals surface area contributed by atoms with E-state index in [9.17, 15) is 4.79 Å². The van der Waals surface area contributed by atoms with Gasteiger partial charge in [0.25, 0.3) is 0 Å². The highest BCUT2D eigenvalue weighted by atomic mass is 16.5. The van der Waals surface area contributed by atoms with Gasteiger partial charge in [-0.25, -0.2) is 19.8 Å². The van der Waals surface area contributed by atoms with Crippen molar-refractivity contribution in [2.24, 2.45) is 4.99 Å². The minimum absolute atomic E-state index is 0.397. The maximum Gasteiger partial charge on any atom is 0.341 e. The maximum atomic E-state index is 12.0. The fraction of sp³-hybridized carbons (Fsp3) is 0.429. The summed E-state index contributed by atoms with van der Waals surface area (Å²) in [6, 6.07) is 7.26. The lowest BCUT2D eigenvalue weighted by molar-refractivity contribution is 0.0597. The summed E-state index contributed by atoms with van der Waals surface area (Å²) in [5.74, 6) is 1.67. The van der Waals surface area contributed by atoms with Crippen LogP contribution in [0.15, 0.2) is 41.7 Å². The van der Waals surface area contributed by atoms with Crippen molar-refractivity contribution in [1.82, 2.24) is 20.2 Å². The summed E-state index contributed by atoms with van der Waals surface area (Å²) in [7, 11) is 2.89. The Morgan fingerprint density at radius 1 is 1.17 bits per heavy atom. The molecule has 0 radical (unpaired) electrons. The summed E-state index contributed by atoms with van der Waals surface area (Å²) in [6.45, 7) is 6.55. The van der Waals surface area contributed by atoms with E-state index in [0.717, 1.165) is 50.2 Å². The van der Waals surface area contributed by atoms with Gasteiger partial charge in [0.15, 0.2) is 5.96 Å². The third-order valence-electron chi connectivity index (χ3n) is 4.83. The Bertz CT molecular complexity index is 866. The van der Waals surface area contributed by atoms with Gasteiger partial charge in [0.1, 0.15) is 11.3 Å². The van der Waals surface area contributed by atoms with Crippen LogP contribution in [0.3, 0.4) is 0 Å². The second-order valence-electron chi connectivity index (χ2n) is 6.72. The molecule has 1 fully saturated rings. The van der Waals surface area contributed by atoms with Crippen molar-refractivity contribution in [2.75, 3.05) is 51.8 Å². The molecule has 1 saturated heterocycles. The summed E-state index contributed by atoms with van der Waals surface area (Å²) in [5.41, 5.74) is 1.30. The molecule has 2 heterocycles. The topological polar surface area (TPSA) is 92.2 Å². The number of ether oxygens (including phenoxy) is 2. The third-order valence-corrected chi connectivity index (χ3v) is 4.83. The molecule has 1 aliphatic heterocycles. The zero-order valence-electron chi connectivity index (χ0n) is 17.7. The highest BCUT2D eigenvalue weighted by Gasteiger charge is 2.21. The number of carbonyl (C=O) groups is 1. The van der Waals surface area contributed by atoms with Crippen LogP contribution >= 0.6 is 0 Å². The van der Waals surface area contributed by atoms with Crippen molar-refractivity contribution in [3.8, 4) is 5.75 Å². The number of anilines is 1. The molecule has 160 valence electrons. The van der Waals surface area contributed by atoms with E-state index in [4.69, 9.17) is 14.5 Å². The first-order chi connectivity index (χ1) is 14.7. The molecule has 9 heteroatoms. The summed E-state index contributed by atoms with van der Waals surface area (Å²) >= 11 is 0. The van der Waals surface area contributed by atoms with Crippen molar-refractivity contribution >= 4 is 17.9 Å². The highest BCUT2D eigenvalue weighted by Crippen LogP contribution is 2.21. The van der Waals surface area contributed by atoms with Gasteiger partial charge < -0.3 is 24.6 Å². The van der Waals surface area contributed by atoms with Gasteiger partial charge >= 0.3 is 5.97 Å². The smallest absolute Gasteiger partial charge is 0.341 e. The van der Waals surface area contributed by atoms with Gasteiger partial charge in [-0.3, -0.25) is 0 Å². The number of aromatic nitrogens is 2. The number of carbonyl (C=O) groups excluding carboxylic acids is 1. The van der Waals surface area contributed by atoms with Crippen molar-refractivity contribution in [1.29, 1.82) is 0 Å². The van der Waals surface area contributed by atoms with E-state index in [2.05, 4.69) is 25.1 Å². The SMILES string of the molecule is CCNC(=NCc1ccc(OC)c(C(=O)OC)c1)N1CCN(c2ncccn2)CC1. The molecule has 0 aliphatic carbocycles. The summed E-state index contributed by atoms with van der Waals surface area (Å²) in [6.07, 6.45) is 3.52. The maximum absolute atomic E-state index is 12.0. The molecule has 2 aromatic rings. The zero-order valence-corrected chi connectivity index (χ0v) is 17.7. The van der Waals surface area contributed by atoms with Crippen LogP contribution in [0.5, 0.6) is 5.75 Å². The van der Waals surface area contributed by atoms with E-state index < -0.39 is 5.97 Å². The predicted octanol–water partition coefficient (Wildman–Crippen LogP) is 1.56. The molecule has 0 atom stereocenters. The van der Waals surface area contributed by atoms with Crippen molar-refractivity contribution < 1.29 is 14.3 Å². The average Bonchev–Trinajstić information content (AvgIpc) is 2.81. The standard InChI is InChI=1S/C21H28N6O3/c1-4-22-20(26-10-12-27(13-11-26)21-23-8-5-9-24-21)25-15-16-6-7-18(29-2)17(14-16)19(28)30-3/h5-9,14H,4,10-13,15H2,1-3H3,(H,22,25). The molecule has 0 bridgehead atoms. The van der Waals surface area contributed by atoms with Gasteiger partial charge in [-0.05, 0) is 30.7 Å². The van der Waals surface area contributed by atoms with Gasteiger partial charge in [-0.1, -0.05) is 6.07 Å². The Hall–Kier alpha value is -3.36. The fourth-order valence-electron chi connectivity index (χ4n) is 3.29. The van der Waals surface area contributed by atoms with E-state index in [1.165, 1.54) is 14.2 Å². The van der Waals surface area contributed by atoms with Crippen molar-refractivity contribution in [3.05, 3.63) is 47.8 Å². The summed E-state index contributed by atoms with van der Waals surface area (Å²) < 4.78 is 10.1. The molecule has 1 N–H and O–H groups in total. The number of benzene rings is 1. The lowest BCUT2D eigenvalue weighted by Gasteiger charge is -2.36. The van der Waals surface area contributed by atoms with Crippen LogP contribution in [-0.4, -0.2) is 73.7 Å². The van der Waals surface area contributed by atoms with Gasteiger partial charge in [-0.2, -0.15) is 0 Å². The van der Waals surface area contributed by atoms with E-state index in [1.54, 1.807) is 24.5 Å². The van der Waals surface area contributed by atoms with Gasteiger partial charge in [0, 0.05) is 45.1 Å². The normalized spacial score (nSPS) is 14.4. The first-order valence-electron chi connectivity index (χ1n) is 9.96. The lowest BCUT2D eigenvalue weighted by atomic mass is 10.1. The van der Waals surface area contributed by atoms with Crippen LogP contribution in [-0.2, 0) is 11.3 Å². The average molecular weight is 412 g/mol. The number of esters is 1. The minimum atomic E-state index is -0.427. The number of piperazine rings is 1. The number of aliphatic imine (C=N–C) groups is 1. The predicted molar refractivity (Wildman–Crippen MR) is 115 cm³/mol. The van der Waals surface area contributed by atoms with Crippen LogP contribution in [0.2, 0.25) is 0 Å². The molecule has 0 unspecified atom stereocenters. The van der Waals surface area contributed by atoms with E-state index in [-0.39, 0.29) is 0 Å². The van der Waals surface area contributed by atoms with E-state index >= 15 is 0 Å².